The second-order valence-corrected chi connectivity index (χ2v) is 7.42. The number of rotatable bonds is 3. The zero-order valence-corrected chi connectivity index (χ0v) is 12.8. The Hall–Kier alpha value is -1.88. The summed E-state index contributed by atoms with van der Waals surface area (Å²) < 4.78 is 23.1. The van der Waals surface area contributed by atoms with E-state index in [2.05, 4.69) is 16.0 Å². The molecule has 1 unspecified atom stereocenters. The number of pyridine rings is 1. The van der Waals surface area contributed by atoms with Crippen LogP contribution in [0.1, 0.15) is 24.4 Å². The minimum atomic E-state index is -3.14. The normalized spacial score (nSPS) is 18.9. The van der Waals surface area contributed by atoms with Crippen LogP contribution in [0.4, 0.5) is 5.69 Å². The summed E-state index contributed by atoms with van der Waals surface area (Å²) in [6, 6.07) is 11.5. The first-order chi connectivity index (χ1) is 10.1. The van der Waals surface area contributed by atoms with E-state index in [9.17, 15) is 8.42 Å². The maximum absolute atomic E-state index is 11.5. The lowest BCUT2D eigenvalue weighted by Gasteiger charge is -2.27. The van der Waals surface area contributed by atoms with Gasteiger partial charge in [0.2, 0.25) is 0 Å². The monoisotopic (exact) mass is 302 g/mol. The summed E-state index contributed by atoms with van der Waals surface area (Å²) in [7, 11) is -3.14. The molecule has 5 heteroatoms. The highest BCUT2D eigenvalue weighted by atomic mass is 32.2. The van der Waals surface area contributed by atoms with Gasteiger partial charge in [0.05, 0.1) is 10.9 Å². The van der Waals surface area contributed by atoms with Crippen molar-refractivity contribution in [3.8, 4) is 0 Å². The molecule has 1 aliphatic heterocycles. The van der Waals surface area contributed by atoms with Crippen LogP contribution in [0.25, 0.3) is 0 Å². The average molecular weight is 302 g/mol. The Morgan fingerprint density at radius 3 is 2.57 bits per heavy atom. The summed E-state index contributed by atoms with van der Waals surface area (Å²) in [5.74, 6) is 0. The van der Waals surface area contributed by atoms with Gasteiger partial charge in [-0.05, 0) is 48.7 Å². The first-order valence-corrected chi connectivity index (χ1v) is 8.91. The number of benzene rings is 1. The highest BCUT2D eigenvalue weighted by Gasteiger charge is 2.26. The molecule has 1 fully saturated rings. The number of hydrogen-bond acceptors (Lipinski definition) is 4. The maximum atomic E-state index is 11.5. The van der Waals surface area contributed by atoms with Crippen LogP contribution in [0.2, 0.25) is 0 Å². The molecule has 0 amide bonds. The van der Waals surface area contributed by atoms with Gasteiger partial charge in [0.15, 0.2) is 9.84 Å². The molecule has 1 aliphatic rings. The van der Waals surface area contributed by atoms with E-state index in [0.717, 1.165) is 25.1 Å². The van der Waals surface area contributed by atoms with Gasteiger partial charge in [-0.25, -0.2) is 8.42 Å². The van der Waals surface area contributed by atoms with Crippen molar-refractivity contribution >= 4 is 15.5 Å². The van der Waals surface area contributed by atoms with Crippen molar-refractivity contribution in [2.75, 3.05) is 17.7 Å². The Morgan fingerprint density at radius 2 is 1.95 bits per heavy atom. The number of nitrogens with zero attached hydrogens (tertiary/aromatic N) is 2. The van der Waals surface area contributed by atoms with Crippen molar-refractivity contribution in [3.63, 3.8) is 0 Å². The molecule has 1 saturated heterocycles. The van der Waals surface area contributed by atoms with Gasteiger partial charge in [-0.15, -0.1) is 0 Å². The summed E-state index contributed by atoms with van der Waals surface area (Å²) in [5, 5.41) is 0. The minimum absolute atomic E-state index is 0.322. The van der Waals surface area contributed by atoms with Gasteiger partial charge < -0.3 is 4.90 Å². The average Bonchev–Trinajstić information content (AvgIpc) is 2.97. The number of hydrogen-bond donors (Lipinski definition) is 0. The fourth-order valence-corrected chi connectivity index (χ4v) is 3.51. The smallest absolute Gasteiger partial charge is 0.175 e. The van der Waals surface area contributed by atoms with Gasteiger partial charge in [-0.3, -0.25) is 4.98 Å². The van der Waals surface area contributed by atoms with Crippen molar-refractivity contribution in [1.29, 1.82) is 0 Å². The molecule has 0 radical (unpaired) electrons. The van der Waals surface area contributed by atoms with Crippen LogP contribution in [0.15, 0.2) is 53.7 Å². The van der Waals surface area contributed by atoms with Crippen LogP contribution < -0.4 is 4.90 Å². The molecule has 1 atom stereocenters. The molecular formula is C16H18N2O2S. The van der Waals surface area contributed by atoms with Crippen LogP contribution >= 0.6 is 0 Å². The molecule has 0 saturated carbocycles. The van der Waals surface area contributed by atoms with E-state index in [1.54, 1.807) is 18.3 Å². The minimum Gasteiger partial charge on any atom is -0.364 e. The standard InChI is InChI=1S/C16H18N2O2S/c1-21(19,20)15-8-6-14(7-9-15)18-11-3-5-16(18)13-4-2-10-17-12-13/h2,4,6-10,12,16H,3,5,11H2,1H3. The summed E-state index contributed by atoms with van der Waals surface area (Å²) in [6.07, 6.45) is 7.15. The lowest BCUT2D eigenvalue weighted by atomic mass is 10.1. The molecule has 0 aliphatic carbocycles. The lowest BCUT2D eigenvalue weighted by molar-refractivity contribution is 0.602. The highest BCUT2D eigenvalue weighted by Crippen LogP contribution is 2.35. The maximum Gasteiger partial charge on any atom is 0.175 e. The van der Waals surface area contributed by atoms with E-state index in [4.69, 9.17) is 0 Å². The van der Waals surface area contributed by atoms with E-state index >= 15 is 0 Å². The summed E-state index contributed by atoms with van der Waals surface area (Å²) in [6.45, 7) is 0.984. The zero-order valence-electron chi connectivity index (χ0n) is 11.9. The van der Waals surface area contributed by atoms with Crippen LogP contribution in [0.5, 0.6) is 0 Å². The first kappa shape index (κ1) is 14.1. The molecular weight excluding hydrogens is 284 g/mol. The third-order valence-corrected chi connectivity index (χ3v) is 5.05. The van der Waals surface area contributed by atoms with Crippen molar-refractivity contribution in [2.45, 2.75) is 23.8 Å². The van der Waals surface area contributed by atoms with Gasteiger partial charge in [0.25, 0.3) is 0 Å². The van der Waals surface area contributed by atoms with Crippen LogP contribution in [0, 0.1) is 0 Å². The Morgan fingerprint density at radius 1 is 1.19 bits per heavy atom. The van der Waals surface area contributed by atoms with Crippen molar-refractivity contribution in [2.24, 2.45) is 0 Å². The number of sulfone groups is 1. The second kappa shape index (κ2) is 5.48. The van der Waals surface area contributed by atoms with Gasteiger partial charge in [0.1, 0.15) is 0 Å². The van der Waals surface area contributed by atoms with E-state index in [-0.39, 0.29) is 0 Å². The summed E-state index contributed by atoms with van der Waals surface area (Å²) in [4.78, 5) is 6.88. The topological polar surface area (TPSA) is 50.3 Å². The zero-order chi connectivity index (χ0) is 14.9. The molecule has 21 heavy (non-hydrogen) atoms. The van der Waals surface area contributed by atoms with E-state index in [1.165, 1.54) is 11.8 Å². The molecule has 4 nitrogen and oxygen atoms in total. The molecule has 1 aromatic carbocycles. The molecule has 0 spiro atoms. The van der Waals surface area contributed by atoms with Gasteiger partial charge in [-0.1, -0.05) is 6.07 Å². The van der Waals surface area contributed by atoms with Gasteiger partial charge >= 0.3 is 0 Å². The molecule has 2 heterocycles. The predicted molar refractivity (Wildman–Crippen MR) is 83.1 cm³/mol. The van der Waals surface area contributed by atoms with Crippen LogP contribution in [0.3, 0.4) is 0 Å². The van der Waals surface area contributed by atoms with Crippen LogP contribution in [-0.2, 0) is 9.84 Å². The van der Waals surface area contributed by atoms with Crippen molar-refractivity contribution in [3.05, 3.63) is 54.4 Å². The number of aromatic nitrogens is 1. The first-order valence-electron chi connectivity index (χ1n) is 7.02. The molecule has 0 N–H and O–H groups in total. The van der Waals surface area contributed by atoms with Gasteiger partial charge in [0, 0.05) is 30.9 Å². The lowest BCUT2D eigenvalue weighted by Crippen LogP contribution is -2.22. The number of anilines is 1. The van der Waals surface area contributed by atoms with E-state index in [1.807, 2.05) is 24.4 Å². The second-order valence-electron chi connectivity index (χ2n) is 5.40. The van der Waals surface area contributed by atoms with Crippen molar-refractivity contribution < 1.29 is 8.42 Å². The molecule has 110 valence electrons. The Labute approximate surface area is 125 Å². The molecule has 3 rings (SSSR count). The van der Waals surface area contributed by atoms with E-state index < -0.39 is 9.84 Å². The highest BCUT2D eigenvalue weighted by molar-refractivity contribution is 7.90. The Bertz CT molecular complexity index is 712. The molecule has 2 aromatic rings. The largest absolute Gasteiger partial charge is 0.364 e. The Kier molecular flexibility index (Phi) is 3.68. The quantitative estimate of drug-likeness (QED) is 0.875. The predicted octanol–water partition coefficient (Wildman–Crippen LogP) is 2.83. The SMILES string of the molecule is CS(=O)(=O)c1ccc(N2CCCC2c2cccnc2)cc1. The van der Waals surface area contributed by atoms with Gasteiger partial charge in [-0.2, -0.15) is 0 Å². The Balaban J connectivity index is 1.89. The third-order valence-electron chi connectivity index (χ3n) is 3.92. The summed E-state index contributed by atoms with van der Waals surface area (Å²) in [5.41, 5.74) is 2.27. The van der Waals surface area contributed by atoms with Crippen LogP contribution in [-0.4, -0.2) is 26.2 Å². The van der Waals surface area contributed by atoms with E-state index in [0.29, 0.717) is 10.9 Å². The third kappa shape index (κ3) is 2.93. The fourth-order valence-electron chi connectivity index (χ4n) is 2.88. The summed E-state index contributed by atoms with van der Waals surface area (Å²) >= 11 is 0. The molecule has 0 bridgehead atoms. The molecule has 1 aromatic heterocycles. The fraction of sp³-hybridized carbons (Fsp3) is 0.312. The van der Waals surface area contributed by atoms with Crippen molar-refractivity contribution in [1.82, 2.24) is 4.98 Å².